The number of hydrogen-bond donors (Lipinski definition) is 2. The normalized spacial score (nSPS) is 16.1. The lowest BCUT2D eigenvalue weighted by Crippen LogP contribution is -2.43. The number of piperidine rings is 1. The molecule has 0 spiro atoms. The molecule has 30 heavy (non-hydrogen) atoms. The first-order valence-electron chi connectivity index (χ1n) is 8.76. The molecule has 1 aliphatic rings. The summed E-state index contributed by atoms with van der Waals surface area (Å²) >= 11 is 0. The molecule has 12 heteroatoms. The Labute approximate surface area is 179 Å². The van der Waals surface area contributed by atoms with E-state index in [0.717, 1.165) is 6.07 Å². The molecule has 0 saturated carbocycles. The first kappa shape index (κ1) is 24.6. The molecular formula is C18H20ClF3N2O4S2. The van der Waals surface area contributed by atoms with Gasteiger partial charge in [-0.2, -0.15) is 13.2 Å². The maximum Gasteiger partial charge on any atom is 0.417 e. The van der Waals surface area contributed by atoms with Gasteiger partial charge in [0.15, 0.2) is 0 Å². The molecule has 0 radical (unpaired) electrons. The standard InChI is InChI=1S/C18H19F3N2O4S2.ClH/c19-18(20,21)16-7-6-15(28(24,25)14-4-2-1-3-5-14)12-17(16)29(26,27)23-13-8-10-22-11-9-13;/h1-7,12-13,22-23H,8-11H2;1H. The quantitative estimate of drug-likeness (QED) is 0.680. The van der Waals surface area contributed by atoms with Crippen molar-refractivity contribution in [2.75, 3.05) is 13.1 Å². The summed E-state index contributed by atoms with van der Waals surface area (Å²) in [6.07, 6.45) is -4.13. The summed E-state index contributed by atoms with van der Waals surface area (Å²) in [5.41, 5.74) is -1.41. The Balaban J connectivity index is 0.00000320. The van der Waals surface area contributed by atoms with Crippen molar-refractivity contribution in [1.29, 1.82) is 0 Å². The summed E-state index contributed by atoms with van der Waals surface area (Å²) < 4.78 is 93.7. The summed E-state index contributed by atoms with van der Waals surface area (Å²) in [6.45, 7) is 1.06. The van der Waals surface area contributed by atoms with E-state index >= 15 is 0 Å². The Morgan fingerprint density at radius 3 is 2.07 bits per heavy atom. The van der Waals surface area contributed by atoms with Gasteiger partial charge in [-0.3, -0.25) is 0 Å². The Kier molecular flexibility index (Phi) is 7.57. The van der Waals surface area contributed by atoms with Crippen molar-refractivity contribution in [3.63, 3.8) is 0 Å². The van der Waals surface area contributed by atoms with Gasteiger partial charge in [0, 0.05) is 6.04 Å². The molecule has 0 atom stereocenters. The first-order chi connectivity index (χ1) is 13.5. The Morgan fingerprint density at radius 1 is 0.900 bits per heavy atom. The Hall–Kier alpha value is -1.66. The van der Waals surface area contributed by atoms with Crippen molar-refractivity contribution in [1.82, 2.24) is 10.0 Å². The highest BCUT2D eigenvalue weighted by atomic mass is 35.5. The number of alkyl halides is 3. The molecule has 2 aromatic carbocycles. The molecule has 1 fully saturated rings. The van der Waals surface area contributed by atoms with Crippen LogP contribution in [-0.2, 0) is 26.0 Å². The topological polar surface area (TPSA) is 92.3 Å². The van der Waals surface area contributed by atoms with E-state index in [9.17, 15) is 30.0 Å². The van der Waals surface area contributed by atoms with Gasteiger partial charge in [0.2, 0.25) is 19.9 Å². The molecule has 166 valence electrons. The lowest BCUT2D eigenvalue weighted by molar-refractivity contribution is -0.139. The highest BCUT2D eigenvalue weighted by Gasteiger charge is 2.39. The van der Waals surface area contributed by atoms with Crippen LogP contribution in [0.15, 0.2) is 63.2 Å². The molecule has 6 nitrogen and oxygen atoms in total. The molecule has 0 unspecified atom stereocenters. The van der Waals surface area contributed by atoms with Crippen molar-refractivity contribution >= 4 is 32.3 Å². The zero-order valence-electron chi connectivity index (χ0n) is 15.5. The van der Waals surface area contributed by atoms with Crippen LogP contribution in [0.25, 0.3) is 0 Å². The van der Waals surface area contributed by atoms with Crippen LogP contribution in [0.2, 0.25) is 0 Å². The zero-order chi connectivity index (χ0) is 21.3. The second-order valence-electron chi connectivity index (χ2n) is 6.62. The number of rotatable bonds is 5. The van der Waals surface area contributed by atoms with Crippen molar-refractivity contribution in [3.05, 3.63) is 54.1 Å². The van der Waals surface area contributed by atoms with Crippen LogP contribution in [0.5, 0.6) is 0 Å². The van der Waals surface area contributed by atoms with Gasteiger partial charge in [-0.05, 0) is 56.3 Å². The molecule has 1 heterocycles. The van der Waals surface area contributed by atoms with E-state index in [4.69, 9.17) is 0 Å². The van der Waals surface area contributed by atoms with Gasteiger partial charge in [0.25, 0.3) is 0 Å². The van der Waals surface area contributed by atoms with Gasteiger partial charge in [-0.15, -0.1) is 12.4 Å². The maximum atomic E-state index is 13.5. The minimum absolute atomic E-state index is 0. The van der Waals surface area contributed by atoms with Crippen LogP contribution in [0.4, 0.5) is 13.2 Å². The van der Waals surface area contributed by atoms with Gasteiger partial charge in [-0.25, -0.2) is 21.6 Å². The van der Waals surface area contributed by atoms with Gasteiger partial charge >= 0.3 is 6.18 Å². The zero-order valence-corrected chi connectivity index (χ0v) is 18.0. The molecular weight excluding hydrogens is 465 g/mol. The van der Waals surface area contributed by atoms with E-state index in [-0.39, 0.29) is 17.3 Å². The monoisotopic (exact) mass is 484 g/mol. The summed E-state index contributed by atoms with van der Waals surface area (Å²) in [5, 5.41) is 3.03. The number of halogens is 4. The third-order valence-corrected chi connectivity index (χ3v) is 7.90. The minimum Gasteiger partial charge on any atom is -0.317 e. The molecule has 2 N–H and O–H groups in total. The molecule has 3 rings (SSSR count). The number of nitrogens with one attached hydrogen (secondary N) is 2. The Bertz CT molecular complexity index is 1090. The van der Waals surface area contributed by atoms with Crippen LogP contribution < -0.4 is 10.0 Å². The van der Waals surface area contributed by atoms with Crippen LogP contribution in [0.1, 0.15) is 18.4 Å². The van der Waals surface area contributed by atoms with Gasteiger partial charge in [-0.1, -0.05) is 18.2 Å². The number of benzene rings is 2. The molecule has 0 aromatic heterocycles. The highest BCUT2D eigenvalue weighted by Crippen LogP contribution is 2.36. The Morgan fingerprint density at radius 2 is 1.50 bits per heavy atom. The maximum absolute atomic E-state index is 13.5. The lowest BCUT2D eigenvalue weighted by Gasteiger charge is -2.24. The third-order valence-electron chi connectivity index (χ3n) is 4.57. The van der Waals surface area contributed by atoms with Gasteiger partial charge < -0.3 is 5.32 Å². The van der Waals surface area contributed by atoms with Gasteiger partial charge in [0.05, 0.1) is 20.2 Å². The van der Waals surface area contributed by atoms with E-state index in [0.29, 0.717) is 38.1 Å². The van der Waals surface area contributed by atoms with Crippen molar-refractivity contribution in [2.45, 2.75) is 39.7 Å². The predicted molar refractivity (Wildman–Crippen MR) is 107 cm³/mol. The molecule has 1 saturated heterocycles. The third kappa shape index (κ3) is 5.33. The smallest absolute Gasteiger partial charge is 0.317 e. The second-order valence-corrected chi connectivity index (χ2v) is 10.2. The lowest BCUT2D eigenvalue weighted by atomic mass is 10.1. The fraction of sp³-hybridized carbons (Fsp3) is 0.333. The molecule has 1 aliphatic heterocycles. The number of sulfone groups is 1. The summed E-state index contributed by atoms with van der Waals surface area (Å²) in [6, 6.07) is 8.40. The predicted octanol–water partition coefficient (Wildman–Crippen LogP) is 2.99. The first-order valence-corrected chi connectivity index (χ1v) is 11.7. The minimum atomic E-state index is -4.97. The van der Waals surface area contributed by atoms with Crippen LogP contribution in [0, 0.1) is 0 Å². The van der Waals surface area contributed by atoms with Crippen molar-refractivity contribution in [2.24, 2.45) is 0 Å². The molecule has 2 aromatic rings. The van der Waals surface area contributed by atoms with Gasteiger partial charge in [0.1, 0.15) is 0 Å². The highest BCUT2D eigenvalue weighted by molar-refractivity contribution is 7.91. The van der Waals surface area contributed by atoms with E-state index in [1.807, 2.05) is 0 Å². The van der Waals surface area contributed by atoms with Crippen LogP contribution in [-0.4, -0.2) is 36.0 Å². The number of hydrogen-bond acceptors (Lipinski definition) is 5. The summed E-state index contributed by atoms with van der Waals surface area (Å²) in [5.74, 6) is 0. The number of sulfonamides is 1. The van der Waals surface area contributed by atoms with Crippen LogP contribution in [0.3, 0.4) is 0 Å². The van der Waals surface area contributed by atoms with Crippen molar-refractivity contribution in [3.8, 4) is 0 Å². The van der Waals surface area contributed by atoms with Crippen LogP contribution >= 0.6 is 12.4 Å². The van der Waals surface area contributed by atoms with E-state index in [2.05, 4.69) is 10.0 Å². The molecule has 0 bridgehead atoms. The average molecular weight is 485 g/mol. The SMILES string of the molecule is Cl.O=S(=O)(NC1CCNCC1)c1cc(S(=O)(=O)c2ccccc2)ccc1C(F)(F)F. The average Bonchev–Trinajstić information content (AvgIpc) is 2.68. The molecule has 0 amide bonds. The summed E-state index contributed by atoms with van der Waals surface area (Å²) in [7, 11) is -8.79. The fourth-order valence-electron chi connectivity index (χ4n) is 3.08. The van der Waals surface area contributed by atoms with E-state index in [1.54, 1.807) is 6.07 Å². The van der Waals surface area contributed by atoms with E-state index in [1.165, 1.54) is 24.3 Å². The second kappa shape index (κ2) is 9.23. The van der Waals surface area contributed by atoms with E-state index < -0.39 is 47.4 Å². The van der Waals surface area contributed by atoms with Crippen molar-refractivity contribution < 1.29 is 30.0 Å². The fourth-order valence-corrected chi connectivity index (χ4v) is 6.02. The summed E-state index contributed by atoms with van der Waals surface area (Å²) in [4.78, 5) is -1.77. The molecule has 0 aliphatic carbocycles. The largest absolute Gasteiger partial charge is 0.417 e.